The summed E-state index contributed by atoms with van der Waals surface area (Å²) in [6.45, 7) is -0.464. The third-order valence-corrected chi connectivity index (χ3v) is 1.35. The maximum absolute atomic E-state index is 10.8. The van der Waals surface area contributed by atoms with Crippen LogP contribution in [0.1, 0.15) is 0 Å². The number of ketones is 1. The number of aldehydes is 1. The van der Waals surface area contributed by atoms with E-state index in [0.717, 1.165) is 12.2 Å². The zero-order chi connectivity index (χ0) is 9.14. The molecule has 0 saturated heterocycles. The molecule has 2 amide bonds. The van der Waals surface area contributed by atoms with Crippen LogP contribution in [0.25, 0.3) is 0 Å². The summed E-state index contributed by atoms with van der Waals surface area (Å²) in [5, 5.41) is 0. The number of hydrogen-bond acceptors (Lipinski definition) is 4. The molecule has 1 rings (SSSR count). The molecule has 1 heterocycles. The molecule has 0 bridgehead atoms. The molecule has 0 atom stereocenters. The molecular weight excluding hydrogens is 162 g/mol. The Morgan fingerprint density at radius 2 is 1.83 bits per heavy atom. The van der Waals surface area contributed by atoms with Gasteiger partial charge in [0, 0.05) is 12.2 Å². The lowest BCUT2D eigenvalue weighted by atomic mass is 10.4. The average Bonchev–Trinajstić information content (AvgIpc) is 2.35. The molecule has 62 valence electrons. The zero-order valence-corrected chi connectivity index (χ0v) is 6.02. The molecule has 0 unspecified atom stereocenters. The predicted molar refractivity (Wildman–Crippen MR) is 36.9 cm³/mol. The van der Waals surface area contributed by atoms with Gasteiger partial charge in [0.05, 0.1) is 6.54 Å². The molecule has 0 fully saturated rings. The molecular formula is C7H5NO4. The minimum Gasteiger partial charge on any atom is -0.295 e. The van der Waals surface area contributed by atoms with Gasteiger partial charge in [-0.3, -0.25) is 24.1 Å². The van der Waals surface area contributed by atoms with Crippen molar-refractivity contribution in [1.29, 1.82) is 0 Å². The first-order valence-corrected chi connectivity index (χ1v) is 3.16. The van der Waals surface area contributed by atoms with Crippen LogP contribution in [0.2, 0.25) is 0 Å². The number of hydrogen-bond donors (Lipinski definition) is 0. The van der Waals surface area contributed by atoms with Crippen LogP contribution in [0.15, 0.2) is 12.2 Å². The van der Waals surface area contributed by atoms with Crippen LogP contribution in [0.5, 0.6) is 0 Å². The fraction of sp³-hybridized carbons (Fsp3) is 0.143. The summed E-state index contributed by atoms with van der Waals surface area (Å²) in [5.74, 6) is -1.91. The third kappa shape index (κ3) is 1.45. The van der Waals surface area contributed by atoms with Gasteiger partial charge in [0.2, 0.25) is 5.78 Å². The maximum Gasteiger partial charge on any atom is 0.254 e. The summed E-state index contributed by atoms with van der Waals surface area (Å²) in [6.07, 6.45) is 2.19. The molecule has 0 N–H and O–H groups in total. The van der Waals surface area contributed by atoms with Crippen molar-refractivity contribution < 1.29 is 19.2 Å². The van der Waals surface area contributed by atoms with Crippen LogP contribution < -0.4 is 0 Å². The third-order valence-electron chi connectivity index (χ3n) is 1.35. The van der Waals surface area contributed by atoms with E-state index in [2.05, 4.69) is 0 Å². The zero-order valence-electron chi connectivity index (χ0n) is 6.02. The van der Waals surface area contributed by atoms with Crippen LogP contribution in [-0.4, -0.2) is 35.3 Å². The van der Waals surface area contributed by atoms with Crippen molar-refractivity contribution in [3.8, 4) is 0 Å². The topological polar surface area (TPSA) is 71.5 Å². The summed E-state index contributed by atoms with van der Waals surface area (Å²) >= 11 is 0. The van der Waals surface area contributed by atoms with E-state index in [1.54, 1.807) is 0 Å². The first-order chi connectivity index (χ1) is 5.65. The Hall–Kier alpha value is -1.78. The quantitative estimate of drug-likeness (QED) is 0.297. The van der Waals surface area contributed by atoms with Crippen molar-refractivity contribution in [1.82, 2.24) is 4.90 Å². The van der Waals surface area contributed by atoms with E-state index in [0.29, 0.717) is 4.90 Å². The van der Waals surface area contributed by atoms with Crippen molar-refractivity contribution in [2.75, 3.05) is 6.54 Å². The van der Waals surface area contributed by atoms with Crippen molar-refractivity contribution >= 4 is 23.9 Å². The average molecular weight is 167 g/mol. The molecule has 0 aromatic heterocycles. The minimum atomic E-state index is -0.791. The number of amides is 2. The Labute approximate surface area is 67.6 Å². The Bertz CT molecular complexity index is 274. The summed E-state index contributed by atoms with van der Waals surface area (Å²) in [4.78, 5) is 42.7. The SMILES string of the molecule is O=CC(=O)CN1C(=O)C=CC1=O. The highest BCUT2D eigenvalue weighted by atomic mass is 16.2. The standard InChI is InChI=1S/C7H5NO4/c9-4-5(10)3-8-6(11)1-2-7(8)12/h1-2,4H,3H2. The number of Topliss-reactive ketones (excluding diaryl/α,β-unsaturated/α-hetero) is 1. The van der Waals surface area contributed by atoms with Gasteiger partial charge in [0.1, 0.15) is 0 Å². The van der Waals surface area contributed by atoms with Gasteiger partial charge in [0.15, 0.2) is 6.29 Å². The number of nitrogens with zero attached hydrogens (tertiary/aromatic N) is 1. The van der Waals surface area contributed by atoms with Gasteiger partial charge in [-0.15, -0.1) is 0 Å². The van der Waals surface area contributed by atoms with Gasteiger partial charge in [-0.05, 0) is 0 Å². The highest BCUT2D eigenvalue weighted by molar-refractivity contribution is 6.28. The molecule has 0 aromatic rings. The van der Waals surface area contributed by atoms with Crippen LogP contribution in [0, 0.1) is 0 Å². The van der Waals surface area contributed by atoms with Gasteiger partial charge >= 0.3 is 0 Å². The van der Waals surface area contributed by atoms with Crippen LogP contribution in [0.4, 0.5) is 0 Å². The molecule has 0 radical (unpaired) electrons. The number of imide groups is 1. The molecule has 0 aliphatic carbocycles. The smallest absolute Gasteiger partial charge is 0.254 e. The Kier molecular flexibility index (Phi) is 2.14. The molecule has 0 aromatic carbocycles. The summed E-state index contributed by atoms with van der Waals surface area (Å²) < 4.78 is 0. The van der Waals surface area contributed by atoms with Gasteiger partial charge in [-0.25, -0.2) is 0 Å². The molecule has 0 saturated carbocycles. The van der Waals surface area contributed by atoms with Crippen molar-refractivity contribution in [2.45, 2.75) is 0 Å². The van der Waals surface area contributed by atoms with Crippen LogP contribution in [-0.2, 0) is 19.2 Å². The van der Waals surface area contributed by atoms with Gasteiger partial charge in [-0.1, -0.05) is 0 Å². The molecule has 12 heavy (non-hydrogen) atoms. The Morgan fingerprint density at radius 1 is 1.33 bits per heavy atom. The lowest BCUT2D eigenvalue weighted by Gasteiger charge is -2.09. The first-order valence-electron chi connectivity index (χ1n) is 3.16. The lowest BCUT2D eigenvalue weighted by molar-refractivity contribution is -0.141. The second kappa shape index (κ2) is 3.08. The number of rotatable bonds is 3. The van der Waals surface area contributed by atoms with E-state index in [1.165, 1.54) is 0 Å². The van der Waals surface area contributed by atoms with E-state index >= 15 is 0 Å². The summed E-state index contributed by atoms with van der Waals surface area (Å²) in [5.41, 5.74) is 0. The minimum absolute atomic E-state index is 0.0822. The Balaban J connectivity index is 2.65. The maximum atomic E-state index is 10.8. The Morgan fingerprint density at radius 3 is 2.25 bits per heavy atom. The van der Waals surface area contributed by atoms with Crippen LogP contribution >= 0.6 is 0 Å². The predicted octanol–water partition coefficient (Wildman–Crippen LogP) is -1.32. The highest BCUT2D eigenvalue weighted by Gasteiger charge is 2.24. The largest absolute Gasteiger partial charge is 0.295 e. The number of carbonyl (C=O) groups excluding carboxylic acids is 4. The van der Waals surface area contributed by atoms with Gasteiger partial charge in [0.25, 0.3) is 11.8 Å². The fourth-order valence-electron chi connectivity index (χ4n) is 0.780. The van der Waals surface area contributed by atoms with Crippen molar-refractivity contribution in [3.05, 3.63) is 12.2 Å². The van der Waals surface area contributed by atoms with E-state index in [9.17, 15) is 19.2 Å². The molecule has 5 heteroatoms. The molecule has 0 spiro atoms. The molecule has 1 aliphatic heterocycles. The summed E-state index contributed by atoms with van der Waals surface area (Å²) in [6, 6.07) is 0. The monoisotopic (exact) mass is 167 g/mol. The number of carbonyl (C=O) groups is 4. The lowest BCUT2D eigenvalue weighted by Crippen LogP contribution is -2.35. The van der Waals surface area contributed by atoms with E-state index in [-0.39, 0.29) is 6.29 Å². The second-order valence-corrected chi connectivity index (χ2v) is 2.18. The van der Waals surface area contributed by atoms with Crippen molar-refractivity contribution in [2.24, 2.45) is 0 Å². The molecule has 5 nitrogen and oxygen atoms in total. The van der Waals surface area contributed by atoms with Crippen LogP contribution in [0.3, 0.4) is 0 Å². The molecule has 1 aliphatic rings. The van der Waals surface area contributed by atoms with E-state index in [4.69, 9.17) is 0 Å². The summed E-state index contributed by atoms with van der Waals surface area (Å²) in [7, 11) is 0. The van der Waals surface area contributed by atoms with Gasteiger partial charge < -0.3 is 0 Å². The van der Waals surface area contributed by atoms with E-state index < -0.39 is 24.1 Å². The first kappa shape index (κ1) is 8.32. The highest BCUT2D eigenvalue weighted by Crippen LogP contribution is 2.01. The second-order valence-electron chi connectivity index (χ2n) is 2.18. The van der Waals surface area contributed by atoms with Crippen molar-refractivity contribution in [3.63, 3.8) is 0 Å². The van der Waals surface area contributed by atoms with E-state index in [1.807, 2.05) is 0 Å². The fourth-order valence-corrected chi connectivity index (χ4v) is 0.780. The van der Waals surface area contributed by atoms with Gasteiger partial charge in [-0.2, -0.15) is 0 Å². The normalized spacial score (nSPS) is 15.5.